The summed E-state index contributed by atoms with van der Waals surface area (Å²) in [6.07, 6.45) is 1.59. The van der Waals surface area contributed by atoms with Crippen LogP contribution in [0.15, 0.2) is 18.2 Å². The van der Waals surface area contributed by atoms with Crippen LogP contribution in [0.3, 0.4) is 0 Å². The fraction of sp³-hybridized carbons (Fsp3) is 0.300. The normalized spacial score (nSPS) is 17.8. The van der Waals surface area contributed by atoms with Gasteiger partial charge in [-0.1, -0.05) is 12.1 Å². The zero-order valence-corrected chi connectivity index (χ0v) is 7.53. The first-order valence-corrected chi connectivity index (χ1v) is 4.39. The lowest BCUT2D eigenvalue weighted by atomic mass is 10.0. The Bertz CT molecular complexity index is 396. The van der Waals surface area contributed by atoms with Crippen LogP contribution >= 0.6 is 0 Å². The highest BCUT2D eigenvalue weighted by Gasteiger charge is 2.42. The number of rotatable bonds is 2. The van der Waals surface area contributed by atoms with E-state index in [1.807, 2.05) is 0 Å². The van der Waals surface area contributed by atoms with Gasteiger partial charge in [-0.3, -0.25) is 0 Å². The van der Waals surface area contributed by atoms with Crippen molar-refractivity contribution >= 4 is 5.97 Å². The third kappa shape index (κ3) is 1.24. The summed E-state index contributed by atoms with van der Waals surface area (Å²) >= 11 is 0. The van der Waals surface area contributed by atoms with E-state index in [1.54, 1.807) is 12.1 Å². The van der Waals surface area contributed by atoms with Gasteiger partial charge in [0.25, 0.3) is 0 Å². The van der Waals surface area contributed by atoms with E-state index < -0.39 is 11.5 Å². The lowest BCUT2D eigenvalue weighted by Crippen LogP contribution is -2.19. The fourth-order valence-corrected chi connectivity index (χ4v) is 1.52. The molecule has 2 rings (SSSR count). The first-order chi connectivity index (χ1) is 6.54. The summed E-state index contributed by atoms with van der Waals surface area (Å²) in [5.74, 6) is -1.33. The summed E-state index contributed by atoms with van der Waals surface area (Å²) in [7, 11) is 0. The van der Waals surface area contributed by atoms with Gasteiger partial charge in [0.15, 0.2) is 0 Å². The third-order valence-electron chi connectivity index (χ3n) is 2.59. The van der Waals surface area contributed by atoms with E-state index in [4.69, 9.17) is 10.8 Å². The SMILES string of the molecule is NC1(c2cccc(C(=O)O)c2O)CC1. The second-order valence-electron chi connectivity index (χ2n) is 3.66. The molecule has 0 amide bonds. The molecule has 0 unspecified atom stereocenters. The zero-order valence-electron chi connectivity index (χ0n) is 7.53. The van der Waals surface area contributed by atoms with Gasteiger partial charge >= 0.3 is 5.97 Å². The summed E-state index contributed by atoms with van der Waals surface area (Å²) in [5, 5.41) is 18.4. The molecule has 0 radical (unpaired) electrons. The molecule has 0 atom stereocenters. The minimum absolute atomic E-state index is 0.0841. The van der Waals surface area contributed by atoms with Crippen LogP contribution in [-0.4, -0.2) is 16.2 Å². The standard InChI is InChI=1S/C10H11NO3/c11-10(4-5-10)7-3-1-2-6(8(7)12)9(13)14/h1-3,12H,4-5,11H2,(H,13,14). The Balaban J connectivity index is 2.52. The van der Waals surface area contributed by atoms with E-state index in [0.29, 0.717) is 5.56 Å². The topological polar surface area (TPSA) is 83.6 Å². The predicted molar refractivity (Wildman–Crippen MR) is 50.2 cm³/mol. The molecule has 0 spiro atoms. The Labute approximate surface area is 81.0 Å². The average Bonchev–Trinajstić information content (AvgIpc) is 2.84. The van der Waals surface area contributed by atoms with Crippen molar-refractivity contribution in [3.05, 3.63) is 29.3 Å². The number of phenols is 1. The van der Waals surface area contributed by atoms with Gasteiger partial charge in [0.1, 0.15) is 11.3 Å². The molecule has 1 aromatic rings. The number of hydrogen-bond donors (Lipinski definition) is 3. The van der Waals surface area contributed by atoms with Crippen LogP contribution in [0, 0.1) is 0 Å². The highest BCUT2D eigenvalue weighted by atomic mass is 16.4. The monoisotopic (exact) mass is 193 g/mol. The number of para-hydroxylation sites is 1. The Morgan fingerprint density at radius 1 is 1.43 bits per heavy atom. The first-order valence-electron chi connectivity index (χ1n) is 4.39. The molecule has 1 fully saturated rings. The van der Waals surface area contributed by atoms with E-state index in [2.05, 4.69) is 0 Å². The van der Waals surface area contributed by atoms with Crippen molar-refractivity contribution < 1.29 is 15.0 Å². The minimum atomic E-state index is -1.13. The van der Waals surface area contributed by atoms with E-state index in [0.717, 1.165) is 12.8 Å². The van der Waals surface area contributed by atoms with Crippen molar-refractivity contribution in [3.63, 3.8) is 0 Å². The molecule has 14 heavy (non-hydrogen) atoms. The smallest absolute Gasteiger partial charge is 0.339 e. The fourth-order valence-electron chi connectivity index (χ4n) is 1.52. The van der Waals surface area contributed by atoms with E-state index in [-0.39, 0.29) is 11.3 Å². The van der Waals surface area contributed by atoms with Crippen LogP contribution < -0.4 is 5.73 Å². The maximum atomic E-state index is 10.7. The van der Waals surface area contributed by atoms with Crippen LogP contribution in [-0.2, 0) is 5.54 Å². The van der Waals surface area contributed by atoms with Crippen LogP contribution in [0.2, 0.25) is 0 Å². The van der Waals surface area contributed by atoms with Gasteiger partial charge in [0, 0.05) is 11.1 Å². The van der Waals surface area contributed by atoms with Crippen molar-refractivity contribution in [1.29, 1.82) is 0 Å². The molecule has 4 N–H and O–H groups in total. The van der Waals surface area contributed by atoms with Crippen molar-refractivity contribution in [2.45, 2.75) is 18.4 Å². The highest BCUT2D eigenvalue weighted by molar-refractivity contribution is 5.91. The van der Waals surface area contributed by atoms with Gasteiger partial charge in [-0.2, -0.15) is 0 Å². The number of aromatic hydroxyl groups is 1. The molecule has 1 aromatic carbocycles. The average molecular weight is 193 g/mol. The number of hydrogen-bond acceptors (Lipinski definition) is 3. The lowest BCUT2D eigenvalue weighted by Gasteiger charge is -2.12. The number of benzene rings is 1. The first kappa shape index (κ1) is 9.02. The molecule has 0 bridgehead atoms. The van der Waals surface area contributed by atoms with E-state index >= 15 is 0 Å². The Kier molecular flexibility index (Phi) is 1.75. The summed E-state index contributed by atoms with van der Waals surface area (Å²) in [4.78, 5) is 10.7. The number of nitrogens with two attached hydrogens (primary N) is 1. The number of carbonyl (C=O) groups is 1. The van der Waals surface area contributed by atoms with Crippen molar-refractivity contribution in [1.82, 2.24) is 0 Å². The molecule has 1 aliphatic carbocycles. The number of carboxylic acids is 1. The number of aromatic carboxylic acids is 1. The second kappa shape index (κ2) is 2.72. The molecular formula is C10H11NO3. The summed E-state index contributed by atoms with van der Waals surface area (Å²) in [6.45, 7) is 0. The molecular weight excluding hydrogens is 182 g/mol. The molecule has 74 valence electrons. The van der Waals surface area contributed by atoms with Gasteiger partial charge in [0.05, 0.1) is 0 Å². The van der Waals surface area contributed by atoms with Gasteiger partial charge in [-0.15, -0.1) is 0 Å². The van der Waals surface area contributed by atoms with Gasteiger partial charge < -0.3 is 15.9 Å². The Hall–Kier alpha value is -1.55. The third-order valence-corrected chi connectivity index (χ3v) is 2.59. The summed E-state index contributed by atoms with van der Waals surface area (Å²) < 4.78 is 0. The molecule has 0 aromatic heterocycles. The van der Waals surface area contributed by atoms with Gasteiger partial charge in [0.2, 0.25) is 0 Å². The summed E-state index contributed by atoms with van der Waals surface area (Å²) in [6, 6.07) is 4.65. The molecule has 0 saturated heterocycles. The van der Waals surface area contributed by atoms with Crippen molar-refractivity contribution in [2.75, 3.05) is 0 Å². The number of carboxylic acid groups (broad SMARTS) is 1. The maximum Gasteiger partial charge on any atom is 0.339 e. The molecule has 1 aliphatic rings. The molecule has 4 nitrogen and oxygen atoms in total. The summed E-state index contributed by atoms with van der Waals surface area (Å²) in [5.41, 5.74) is 5.84. The quantitative estimate of drug-likeness (QED) is 0.655. The van der Waals surface area contributed by atoms with E-state index in [9.17, 15) is 9.90 Å². The van der Waals surface area contributed by atoms with Crippen molar-refractivity contribution in [2.24, 2.45) is 5.73 Å². The Morgan fingerprint density at radius 3 is 2.57 bits per heavy atom. The molecule has 0 heterocycles. The second-order valence-corrected chi connectivity index (χ2v) is 3.66. The van der Waals surface area contributed by atoms with Gasteiger partial charge in [-0.25, -0.2) is 4.79 Å². The van der Waals surface area contributed by atoms with Crippen LogP contribution in [0.4, 0.5) is 0 Å². The highest BCUT2D eigenvalue weighted by Crippen LogP contribution is 2.46. The lowest BCUT2D eigenvalue weighted by molar-refractivity contribution is 0.0693. The maximum absolute atomic E-state index is 10.7. The zero-order chi connectivity index (χ0) is 10.3. The minimum Gasteiger partial charge on any atom is -0.507 e. The Morgan fingerprint density at radius 2 is 2.07 bits per heavy atom. The van der Waals surface area contributed by atoms with Crippen LogP contribution in [0.25, 0.3) is 0 Å². The van der Waals surface area contributed by atoms with Crippen LogP contribution in [0.1, 0.15) is 28.8 Å². The van der Waals surface area contributed by atoms with E-state index in [1.165, 1.54) is 6.07 Å². The van der Waals surface area contributed by atoms with Crippen molar-refractivity contribution in [3.8, 4) is 5.75 Å². The largest absolute Gasteiger partial charge is 0.507 e. The predicted octanol–water partition coefficient (Wildman–Crippen LogP) is 1.04. The molecule has 1 saturated carbocycles. The van der Waals surface area contributed by atoms with Crippen LogP contribution in [0.5, 0.6) is 5.75 Å². The molecule has 0 aliphatic heterocycles. The van der Waals surface area contributed by atoms with Gasteiger partial charge in [-0.05, 0) is 18.9 Å². The molecule has 4 heteroatoms.